The Morgan fingerprint density at radius 1 is 1.91 bits per heavy atom. The molecule has 0 radical (unpaired) electrons. The molecule has 1 heterocycles. The Labute approximate surface area is 75.9 Å². The van der Waals surface area contributed by atoms with Crippen molar-refractivity contribution in [3.05, 3.63) is 9.98 Å². The zero-order valence-corrected chi connectivity index (χ0v) is 7.91. The molecule has 0 aromatic carbocycles. The predicted molar refractivity (Wildman–Crippen MR) is 47.5 cm³/mol. The number of aromatic nitrogens is 1. The van der Waals surface area contributed by atoms with Crippen molar-refractivity contribution >= 4 is 38.3 Å². The summed E-state index contributed by atoms with van der Waals surface area (Å²) in [7, 11) is 0. The molecule has 0 saturated carbocycles. The molecule has 1 aromatic heterocycles. The zero-order chi connectivity index (χ0) is 8.27. The molecule has 4 nitrogen and oxygen atoms in total. The third-order valence-electron chi connectivity index (χ3n) is 0.890. The van der Waals surface area contributed by atoms with Crippen LogP contribution in [0.1, 0.15) is 0 Å². The van der Waals surface area contributed by atoms with Crippen LogP contribution in [0, 0.1) is 0 Å². The molecule has 11 heavy (non-hydrogen) atoms. The predicted octanol–water partition coefficient (Wildman–Crippen LogP) is 0.803. The number of nitrogens with one attached hydrogen (secondary N) is 1. The Balaban J connectivity index is 2.45. The summed E-state index contributed by atoms with van der Waals surface area (Å²) in [5, 5.41) is 5.28. The van der Waals surface area contributed by atoms with E-state index in [0.717, 1.165) is 4.60 Å². The maximum atomic E-state index is 10.3. The first-order valence-corrected chi connectivity index (χ1v) is 4.49. The van der Waals surface area contributed by atoms with E-state index in [9.17, 15) is 4.79 Å². The number of rotatable bonds is 3. The van der Waals surface area contributed by atoms with Crippen molar-refractivity contribution in [2.45, 2.75) is 0 Å². The van der Waals surface area contributed by atoms with E-state index in [1.165, 1.54) is 11.3 Å². The van der Waals surface area contributed by atoms with Crippen LogP contribution in [0.15, 0.2) is 9.98 Å². The van der Waals surface area contributed by atoms with Crippen LogP contribution in [0.5, 0.6) is 0 Å². The van der Waals surface area contributed by atoms with Gasteiger partial charge in [0.2, 0.25) is 5.91 Å². The number of hydrogen-bond acceptors (Lipinski definition) is 4. The van der Waals surface area contributed by atoms with Gasteiger partial charge >= 0.3 is 0 Å². The van der Waals surface area contributed by atoms with E-state index in [2.05, 4.69) is 26.2 Å². The van der Waals surface area contributed by atoms with E-state index in [1.54, 1.807) is 0 Å². The largest absolute Gasteiger partial charge is 0.368 e. The zero-order valence-electron chi connectivity index (χ0n) is 5.50. The summed E-state index contributed by atoms with van der Waals surface area (Å²) < 4.78 is 0.759. The lowest BCUT2D eigenvalue weighted by Gasteiger charge is -1.95. The topological polar surface area (TPSA) is 68.0 Å². The van der Waals surface area contributed by atoms with Crippen molar-refractivity contribution in [3.63, 3.8) is 0 Å². The molecular formula is C5H6BrN3OS. The second-order valence-corrected chi connectivity index (χ2v) is 3.47. The molecule has 60 valence electrons. The highest BCUT2D eigenvalue weighted by atomic mass is 79.9. The van der Waals surface area contributed by atoms with Crippen LogP contribution in [0.3, 0.4) is 0 Å². The van der Waals surface area contributed by atoms with Gasteiger partial charge < -0.3 is 11.1 Å². The molecule has 0 unspecified atom stereocenters. The first kappa shape index (κ1) is 8.48. The standard InChI is InChI=1S/C5H6BrN3OS/c6-3-2-11-5(9-3)8-1-4(7)10/h2H,1H2,(H2,7,10)(H,8,9). The molecule has 0 aliphatic rings. The quantitative estimate of drug-likeness (QED) is 0.815. The Kier molecular flexibility index (Phi) is 2.84. The highest BCUT2D eigenvalue weighted by Gasteiger charge is 1.98. The number of anilines is 1. The first-order chi connectivity index (χ1) is 5.18. The minimum Gasteiger partial charge on any atom is -0.368 e. The Morgan fingerprint density at radius 2 is 2.64 bits per heavy atom. The van der Waals surface area contributed by atoms with E-state index in [0.29, 0.717) is 5.13 Å². The van der Waals surface area contributed by atoms with Crippen molar-refractivity contribution in [3.8, 4) is 0 Å². The average molecular weight is 236 g/mol. The number of thiazole rings is 1. The van der Waals surface area contributed by atoms with Gasteiger partial charge in [-0.1, -0.05) is 0 Å². The van der Waals surface area contributed by atoms with E-state index >= 15 is 0 Å². The Morgan fingerprint density at radius 3 is 3.09 bits per heavy atom. The molecule has 0 fully saturated rings. The lowest BCUT2D eigenvalue weighted by atomic mass is 10.6. The van der Waals surface area contributed by atoms with Crippen molar-refractivity contribution in [2.75, 3.05) is 11.9 Å². The molecule has 0 saturated heterocycles. The van der Waals surface area contributed by atoms with E-state index < -0.39 is 5.91 Å². The number of carbonyl (C=O) groups excluding carboxylic acids is 1. The molecule has 0 aliphatic heterocycles. The van der Waals surface area contributed by atoms with Gasteiger partial charge in [-0.3, -0.25) is 4.79 Å². The van der Waals surface area contributed by atoms with E-state index in [4.69, 9.17) is 5.73 Å². The summed E-state index contributed by atoms with van der Waals surface area (Å²) >= 11 is 4.60. The van der Waals surface area contributed by atoms with Crippen LogP contribution in [0.25, 0.3) is 0 Å². The van der Waals surface area contributed by atoms with Crippen molar-refractivity contribution < 1.29 is 4.79 Å². The summed E-state index contributed by atoms with van der Waals surface area (Å²) in [6.45, 7) is 0.125. The first-order valence-electron chi connectivity index (χ1n) is 2.81. The van der Waals surface area contributed by atoms with Gasteiger partial charge in [0.15, 0.2) is 5.13 Å². The number of amides is 1. The van der Waals surface area contributed by atoms with Crippen molar-refractivity contribution in [1.82, 2.24) is 4.98 Å². The van der Waals surface area contributed by atoms with Gasteiger partial charge in [-0.15, -0.1) is 11.3 Å². The van der Waals surface area contributed by atoms with Crippen LogP contribution < -0.4 is 11.1 Å². The third-order valence-corrected chi connectivity index (χ3v) is 2.40. The van der Waals surface area contributed by atoms with Crippen LogP contribution >= 0.6 is 27.3 Å². The molecule has 1 rings (SSSR count). The average Bonchev–Trinajstić information content (AvgIpc) is 2.31. The molecule has 6 heteroatoms. The molecule has 0 atom stereocenters. The minimum atomic E-state index is -0.392. The summed E-state index contributed by atoms with van der Waals surface area (Å²) in [4.78, 5) is 14.3. The number of hydrogen-bond donors (Lipinski definition) is 2. The number of halogens is 1. The molecule has 1 amide bonds. The van der Waals surface area contributed by atoms with E-state index in [-0.39, 0.29) is 6.54 Å². The Hall–Kier alpha value is -0.620. The molecule has 0 aliphatic carbocycles. The van der Waals surface area contributed by atoms with Gasteiger partial charge in [0.1, 0.15) is 4.60 Å². The second-order valence-electron chi connectivity index (χ2n) is 1.80. The number of primary amides is 1. The van der Waals surface area contributed by atoms with Gasteiger partial charge in [-0.05, 0) is 15.9 Å². The lowest BCUT2D eigenvalue weighted by Crippen LogP contribution is -2.21. The van der Waals surface area contributed by atoms with Crippen LogP contribution in [-0.2, 0) is 4.79 Å². The minimum absolute atomic E-state index is 0.125. The van der Waals surface area contributed by atoms with Crippen LogP contribution in [0.4, 0.5) is 5.13 Å². The fourth-order valence-corrected chi connectivity index (χ4v) is 1.64. The Bertz CT molecular complexity index is 262. The monoisotopic (exact) mass is 235 g/mol. The van der Waals surface area contributed by atoms with Crippen molar-refractivity contribution in [1.29, 1.82) is 0 Å². The number of nitrogens with two attached hydrogens (primary N) is 1. The fourth-order valence-electron chi connectivity index (χ4n) is 0.498. The molecular weight excluding hydrogens is 230 g/mol. The second kappa shape index (κ2) is 3.68. The summed E-state index contributed by atoms with van der Waals surface area (Å²) in [5.74, 6) is -0.392. The molecule has 0 bridgehead atoms. The van der Waals surface area contributed by atoms with Gasteiger partial charge in [-0.25, -0.2) is 4.98 Å². The highest BCUT2D eigenvalue weighted by Crippen LogP contribution is 2.18. The van der Waals surface area contributed by atoms with Gasteiger partial charge in [0.05, 0.1) is 6.54 Å². The third kappa shape index (κ3) is 2.85. The summed E-state index contributed by atoms with van der Waals surface area (Å²) in [5.41, 5.74) is 4.91. The summed E-state index contributed by atoms with van der Waals surface area (Å²) in [6, 6.07) is 0. The highest BCUT2D eigenvalue weighted by molar-refractivity contribution is 9.10. The van der Waals surface area contributed by atoms with Gasteiger partial charge in [-0.2, -0.15) is 0 Å². The maximum Gasteiger partial charge on any atom is 0.236 e. The molecule has 3 N–H and O–H groups in total. The number of nitrogens with zero attached hydrogens (tertiary/aromatic N) is 1. The van der Waals surface area contributed by atoms with Crippen molar-refractivity contribution in [2.24, 2.45) is 5.73 Å². The van der Waals surface area contributed by atoms with Gasteiger partial charge in [0, 0.05) is 5.38 Å². The molecule has 1 aromatic rings. The van der Waals surface area contributed by atoms with Crippen LogP contribution in [0.2, 0.25) is 0 Å². The number of carbonyl (C=O) groups is 1. The SMILES string of the molecule is NC(=O)CNc1nc(Br)cs1. The van der Waals surface area contributed by atoms with E-state index in [1.807, 2.05) is 5.38 Å². The smallest absolute Gasteiger partial charge is 0.236 e. The van der Waals surface area contributed by atoms with Gasteiger partial charge in [0.25, 0.3) is 0 Å². The van der Waals surface area contributed by atoms with Crippen LogP contribution in [-0.4, -0.2) is 17.4 Å². The normalized spacial score (nSPS) is 9.55. The maximum absolute atomic E-state index is 10.3. The lowest BCUT2D eigenvalue weighted by molar-refractivity contribution is -0.116. The molecule has 0 spiro atoms. The fraction of sp³-hybridized carbons (Fsp3) is 0.200. The summed E-state index contributed by atoms with van der Waals surface area (Å²) in [6.07, 6.45) is 0.